The maximum Gasteiger partial charge on any atom is 0.269 e. The van der Waals surface area contributed by atoms with E-state index in [0.717, 1.165) is 24.8 Å². The number of nitrogens with two attached hydrogens (primary N) is 1. The van der Waals surface area contributed by atoms with Crippen LogP contribution in [0.4, 0.5) is 5.69 Å². The van der Waals surface area contributed by atoms with Crippen molar-refractivity contribution in [1.29, 1.82) is 0 Å². The molecule has 1 aliphatic carbocycles. The van der Waals surface area contributed by atoms with Crippen LogP contribution in [0.5, 0.6) is 0 Å². The van der Waals surface area contributed by atoms with Crippen LogP contribution in [0.2, 0.25) is 0 Å². The summed E-state index contributed by atoms with van der Waals surface area (Å²) in [5, 5.41) is 10.9. The lowest BCUT2D eigenvalue weighted by molar-refractivity contribution is -0.384. The summed E-state index contributed by atoms with van der Waals surface area (Å²) in [5.74, 6) is -0.426. The number of nitrogens with zero attached hydrogens (tertiary/aromatic N) is 2. The van der Waals surface area contributed by atoms with Gasteiger partial charge in [-0.15, -0.1) is 0 Å². The molecule has 132 valence electrons. The highest BCUT2D eigenvalue weighted by atomic mass is 16.6. The number of nitro groups is 1. The summed E-state index contributed by atoms with van der Waals surface area (Å²) in [5.41, 5.74) is 5.01. The third-order valence-electron chi connectivity index (χ3n) is 6.53. The normalized spacial score (nSPS) is 29.3. The molecule has 2 aliphatic heterocycles. The Morgan fingerprint density at radius 1 is 1.12 bits per heavy atom. The topological polar surface area (TPSA) is 107 Å². The van der Waals surface area contributed by atoms with Crippen LogP contribution in [-0.2, 0) is 15.0 Å². The van der Waals surface area contributed by atoms with E-state index < -0.39 is 21.8 Å². The van der Waals surface area contributed by atoms with Gasteiger partial charge < -0.3 is 10.6 Å². The smallest absolute Gasteiger partial charge is 0.269 e. The fourth-order valence-electron chi connectivity index (χ4n) is 4.94. The molecule has 25 heavy (non-hydrogen) atoms. The Hall–Kier alpha value is -2.44. The van der Waals surface area contributed by atoms with E-state index in [9.17, 15) is 19.7 Å². The number of rotatable bonds is 4. The molecule has 7 heteroatoms. The van der Waals surface area contributed by atoms with Gasteiger partial charge in [0.2, 0.25) is 11.8 Å². The van der Waals surface area contributed by atoms with E-state index in [4.69, 9.17) is 5.73 Å². The quantitative estimate of drug-likeness (QED) is 0.666. The van der Waals surface area contributed by atoms with Gasteiger partial charge >= 0.3 is 0 Å². The minimum absolute atomic E-state index is 0.0144. The van der Waals surface area contributed by atoms with Gasteiger partial charge in [-0.2, -0.15) is 0 Å². The Kier molecular flexibility index (Phi) is 3.39. The van der Waals surface area contributed by atoms with Gasteiger partial charge in [-0.25, -0.2) is 0 Å². The summed E-state index contributed by atoms with van der Waals surface area (Å²) >= 11 is 0. The van der Waals surface area contributed by atoms with Crippen LogP contribution in [0.15, 0.2) is 24.3 Å². The number of benzene rings is 1. The summed E-state index contributed by atoms with van der Waals surface area (Å²) in [6.45, 7) is 0. The number of hydrogen-bond acceptors (Lipinski definition) is 4. The summed E-state index contributed by atoms with van der Waals surface area (Å²) < 4.78 is 0. The predicted octanol–water partition coefficient (Wildman–Crippen LogP) is 2.03. The minimum Gasteiger partial charge on any atom is -0.368 e. The first kappa shape index (κ1) is 16.1. The first-order valence-electron chi connectivity index (χ1n) is 8.79. The number of fused-ring (bicyclic) bond motifs is 2. The molecule has 0 unspecified atom stereocenters. The monoisotopic (exact) mass is 343 g/mol. The van der Waals surface area contributed by atoms with Crippen molar-refractivity contribution in [3.8, 4) is 0 Å². The van der Waals surface area contributed by atoms with E-state index in [1.807, 2.05) is 0 Å². The van der Waals surface area contributed by atoms with Crippen molar-refractivity contribution in [3.05, 3.63) is 39.9 Å². The van der Waals surface area contributed by atoms with E-state index in [1.54, 1.807) is 17.0 Å². The lowest BCUT2D eigenvalue weighted by atomic mass is 9.63. The maximum atomic E-state index is 13.5. The highest BCUT2D eigenvalue weighted by molar-refractivity contribution is 5.97. The van der Waals surface area contributed by atoms with Crippen LogP contribution in [0, 0.1) is 10.1 Å². The molecule has 0 radical (unpaired) electrons. The molecule has 2 saturated heterocycles. The van der Waals surface area contributed by atoms with Crippen molar-refractivity contribution >= 4 is 17.5 Å². The van der Waals surface area contributed by atoms with Gasteiger partial charge in [-0.05, 0) is 44.1 Å². The van der Waals surface area contributed by atoms with Crippen molar-refractivity contribution in [3.63, 3.8) is 0 Å². The molecule has 3 aliphatic rings. The minimum atomic E-state index is -0.828. The maximum absolute atomic E-state index is 13.5. The fourth-order valence-corrected chi connectivity index (χ4v) is 4.94. The molecule has 7 nitrogen and oxygen atoms in total. The third-order valence-corrected chi connectivity index (χ3v) is 6.53. The second-order valence-corrected chi connectivity index (χ2v) is 7.54. The van der Waals surface area contributed by atoms with Crippen LogP contribution >= 0.6 is 0 Å². The van der Waals surface area contributed by atoms with Crippen molar-refractivity contribution in [2.45, 2.75) is 61.9 Å². The van der Waals surface area contributed by atoms with Gasteiger partial charge in [0, 0.05) is 18.2 Å². The van der Waals surface area contributed by atoms with Crippen molar-refractivity contribution in [2.75, 3.05) is 0 Å². The third kappa shape index (κ3) is 2.04. The van der Waals surface area contributed by atoms with Crippen molar-refractivity contribution in [1.82, 2.24) is 4.90 Å². The van der Waals surface area contributed by atoms with E-state index in [0.29, 0.717) is 25.7 Å². The average Bonchev–Trinajstić information content (AvgIpc) is 3.11. The Morgan fingerprint density at radius 3 is 2.16 bits per heavy atom. The Bertz CT molecular complexity index is 746. The van der Waals surface area contributed by atoms with E-state index in [2.05, 4.69) is 0 Å². The molecule has 1 saturated carbocycles. The highest BCUT2D eigenvalue weighted by Gasteiger charge is 2.61. The average molecular weight is 343 g/mol. The van der Waals surface area contributed by atoms with E-state index >= 15 is 0 Å². The second-order valence-electron chi connectivity index (χ2n) is 7.54. The molecule has 2 N–H and O–H groups in total. The molecule has 3 fully saturated rings. The van der Waals surface area contributed by atoms with Crippen LogP contribution < -0.4 is 5.73 Å². The van der Waals surface area contributed by atoms with Crippen molar-refractivity contribution < 1.29 is 14.5 Å². The molecule has 0 atom stereocenters. The fraction of sp³-hybridized carbons (Fsp3) is 0.556. The molecule has 2 heterocycles. The number of nitro benzene ring substituents is 1. The molecule has 1 aromatic rings. The first-order chi connectivity index (χ1) is 11.9. The molecular formula is C18H21N3O4. The molecule has 2 bridgehead atoms. The zero-order valence-corrected chi connectivity index (χ0v) is 13.9. The van der Waals surface area contributed by atoms with E-state index in [-0.39, 0.29) is 17.6 Å². The van der Waals surface area contributed by atoms with Gasteiger partial charge in [-0.1, -0.05) is 18.6 Å². The molecule has 4 rings (SSSR count). The number of hydrogen-bond donors (Lipinski definition) is 1. The number of carbonyl (C=O) groups excluding carboxylic acids is 2. The lowest BCUT2D eigenvalue weighted by Crippen LogP contribution is -2.60. The summed E-state index contributed by atoms with van der Waals surface area (Å²) in [7, 11) is 0. The van der Waals surface area contributed by atoms with Crippen LogP contribution in [0.25, 0.3) is 0 Å². The number of non-ortho nitro benzene ring substituents is 1. The zero-order chi connectivity index (χ0) is 17.8. The molecule has 0 spiro atoms. The highest BCUT2D eigenvalue weighted by Crippen LogP contribution is 2.52. The number of amides is 2. The van der Waals surface area contributed by atoms with E-state index in [1.165, 1.54) is 12.1 Å². The first-order valence-corrected chi connectivity index (χ1v) is 8.79. The standard InChI is InChI=1S/C18H21N3O4/c19-15(22)18-10-6-13(7-11-18)20(18)16(23)17(8-1-9-17)12-2-4-14(5-3-12)21(24)25/h2-5,13H,1,6-11H2,(H2,19,22). The van der Waals surface area contributed by atoms with Gasteiger partial charge in [0.05, 0.1) is 10.3 Å². The van der Waals surface area contributed by atoms with Crippen LogP contribution in [0.1, 0.15) is 50.5 Å². The molecule has 0 aromatic heterocycles. The predicted molar refractivity (Wildman–Crippen MR) is 89.7 cm³/mol. The Morgan fingerprint density at radius 2 is 1.72 bits per heavy atom. The summed E-state index contributed by atoms with van der Waals surface area (Å²) in [6.07, 6.45) is 5.30. The van der Waals surface area contributed by atoms with Gasteiger partial charge in [0.25, 0.3) is 5.69 Å². The summed E-state index contributed by atoms with van der Waals surface area (Å²) in [6, 6.07) is 6.36. The van der Waals surface area contributed by atoms with Crippen LogP contribution in [-0.4, -0.2) is 33.2 Å². The SMILES string of the molecule is NC(=O)C12CCC(CC1)N2C(=O)C1(c2ccc([N+](=O)[O-])cc2)CCC1. The van der Waals surface area contributed by atoms with Crippen LogP contribution in [0.3, 0.4) is 0 Å². The summed E-state index contributed by atoms with van der Waals surface area (Å²) in [4.78, 5) is 37.9. The largest absolute Gasteiger partial charge is 0.368 e. The molecular weight excluding hydrogens is 322 g/mol. The second kappa shape index (κ2) is 5.28. The lowest BCUT2D eigenvalue weighted by Gasteiger charge is -2.46. The van der Waals surface area contributed by atoms with Gasteiger partial charge in [0.1, 0.15) is 5.54 Å². The molecule has 1 aromatic carbocycles. The Labute approximate surface area is 145 Å². The number of primary amides is 1. The van der Waals surface area contributed by atoms with Gasteiger partial charge in [-0.3, -0.25) is 19.7 Å². The zero-order valence-electron chi connectivity index (χ0n) is 13.9. The Balaban J connectivity index is 1.70. The van der Waals surface area contributed by atoms with Gasteiger partial charge in [0.15, 0.2) is 0 Å². The number of carbonyl (C=O) groups is 2. The van der Waals surface area contributed by atoms with Crippen molar-refractivity contribution in [2.24, 2.45) is 5.73 Å². The molecule has 2 amide bonds.